The molecule has 3 aromatic rings. The van der Waals surface area contributed by atoms with E-state index in [4.69, 9.17) is 23.7 Å². The summed E-state index contributed by atoms with van der Waals surface area (Å²) in [7, 11) is 1.28. The number of aromatic hydroxyl groups is 2. The highest BCUT2D eigenvalue weighted by molar-refractivity contribution is 6.31. The van der Waals surface area contributed by atoms with Crippen molar-refractivity contribution in [3.05, 3.63) is 87.5 Å². The summed E-state index contributed by atoms with van der Waals surface area (Å²) in [5.74, 6) is -7.04. The van der Waals surface area contributed by atoms with Gasteiger partial charge in [-0.3, -0.25) is 38.5 Å². The van der Waals surface area contributed by atoms with Gasteiger partial charge >= 0.3 is 6.09 Å². The van der Waals surface area contributed by atoms with Crippen LogP contribution in [0.15, 0.2) is 48.5 Å². The van der Waals surface area contributed by atoms with Gasteiger partial charge in [-0.1, -0.05) is 42.5 Å². The quantitative estimate of drug-likeness (QED) is 0.0759. The molecule has 390 valence electrons. The summed E-state index contributed by atoms with van der Waals surface area (Å²) < 4.78 is 28.5. The molecule has 9 atom stereocenters. The maximum Gasteiger partial charge on any atom is 0.410 e. The van der Waals surface area contributed by atoms with Crippen molar-refractivity contribution in [2.75, 3.05) is 46.6 Å². The second-order valence-corrected chi connectivity index (χ2v) is 18.6. The molecule has 3 saturated heterocycles. The number of nitrogens with zero attached hydrogens (tertiary/aromatic N) is 2. The fourth-order valence-corrected chi connectivity index (χ4v) is 10.1. The number of ketones is 3. The van der Waals surface area contributed by atoms with Crippen LogP contribution in [0.4, 0.5) is 4.79 Å². The number of hydrogen-bond acceptors (Lipinski definition) is 18. The molecule has 0 saturated carbocycles. The average molecular weight is 1020 g/mol. The van der Waals surface area contributed by atoms with Gasteiger partial charge in [0.15, 0.2) is 17.9 Å². The van der Waals surface area contributed by atoms with E-state index in [-0.39, 0.29) is 73.8 Å². The SMILES string of the molecule is COc1cccc2c1C(=O)c1c(O)c3c(c(O)c1C2=O)C[C@@](O)(C(=O)CO)C[C@H]3O[C@@H]1C[C@H](NC(=O)[C@@H]2CCCN2C(=O)CNC(=O)[C@H](C)NC(=O)[C@@H]2COCCN2C(=O)OCc2ccccc2)[C@H](O)[C@H](C)O1. The number of phenolic OH excluding ortho intramolecular Hbond substituents is 2. The number of Topliss-reactive ketones (excluding diaryl/α,β-unsaturated/α-hetero) is 1. The second-order valence-electron chi connectivity index (χ2n) is 18.6. The zero-order chi connectivity index (χ0) is 52.5. The Morgan fingerprint density at radius 2 is 1.66 bits per heavy atom. The largest absolute Gasteiger partial charge is 0.507 e. The molecule has 3 aromatic carbocycles. The summed E-state index contributed by atoms with van der Waals surface area (Å²) in [5.41, 5.74) is -3.67. The first kappa shape index (κ1) is 52.3. The van der Waals surface area contributed by atoms with Crippen LogP contribution < -0.4 is 20.7 Å². The lowest BCUT2D eigenvalue weighted by molar-refractivity contribution is -0.249. The van der Waals surface area contributed by atoms with Crippen molar-refractivity contribution in [2.45, 2.75) is 107 Å². The fourth-order valence-electron chi connectivity index (χ4n) is 10.1. The number of fused-ring (bicyclic) bond motifs is 3. The Morgan fingerprint density at radius 3 is 2.38 bits per heavy atom. The van der Waals surface area contributed by atoms with E-state index in [0.29, 0.717) is 6.42 Å². The van der Waals surface area contributed by atoms with E-state index >= 15 is 0 Å². The summed E-state index contributed by atoms with van der Waals surface area (Å²) in [6.07, 6.45) is -7.03. The highest BCUT2D eigenvalue weighted by Gasteiger charge is 2.51. The summed E-state index contributed by atoms with van der Waals surface area (Å²) in [6.45, 7) is 1.44. The van der Waals surface area contributed by atoms with Crippen LogP contribution in [0.3, 0.4) is 0 Å². The fraction of sp³-hybridized carbons (Fsp3) is 0.480. The van der Waals surface area contributed by atoms with E-state index in [0.717, 1.165) is 5.56 Å². The minimum absolute atomic E-state index is 0.0160. The normalized spacial score (nSPS) is 25.9. The van der Waals surface area contributed by atoms with Crippen LogP contribution >= 0.6 is 0 Å². The average Bonchev–Trinajstić information content (AvgIpc) is 3.89. The van der Waals surface area contributed by atoms with Crippen LogP contribution in [0.2, 0.25) is 0 Å². The molecular weight excluding hydrogens is 959 g/mol. The molecule has 8 rings (SSSR count). The number of methoxy groups -OCH3 is 1. The molecule has 0 aromatic heterocycles. The van der Waals surface area contributed by atoms with E-state index < -0.39 is 150 Å². The summed E-state index contributed by atoms with van der Waals surface area (Å²) in [5, 5.41) is 64.2. The number of carbonyl (C=O) groups excluding carboxylic acids is 8. The Hall–Kier alpha value is -7.02. The summed E-state index contributed by atoms with van der Waals surface area (Å²) >= 11 is 0. The van der Waals surface area contributed by atoms with Crippen LogP contribution in [0, 0.1) is 0 Å². The van der Waals surface area contributed by atoms with E-state index in [1.54, 1.807) is 24.3 Å². The molecule has 0 bridgehead atoms. The van der Waals surface area contributed by atoms with Gasteiger partial charge in [-0.15, -0.1) is 0 Å². The van der Waals surface area contributed by atoms with Crippen molar-refractivity contribution in [3.8, 4) is 17.2 Å². The third-order valence-electron chi connectivity index (χ3n) is 14.0. The number of likely N-dealkylation sites (tertiary alicyclic amines) is 1. The number of carbonyl (C=O) groups is 8. The van der Waals surface area contributed by atoms with Crippen molar-refractivity contribution >= 4 is 47.1 Å². The van der Waals surface area contributed by atoms with Crippen LogP contribution in [0.1, 0.15) is 94.2 Å². The Balaban J connectivity index is 0.911. The van der Waals surface area contributed by atoms with E-state index in [9.17, 15) is 63.9 Å². The molecule has 2 aliphatic carbocycles. The van der Waals surface area contributed by atoms with E-state index in [1.807, 2.05) is 6.07 Å². The molecule has 23 heteroatoms. The molecule has 5 amide bonds. The van der Waals surface area contributed by atoms with Crippen molar-refractivity contribution < 1.29 is 87.6 Å². The predicted molar refractivity (Wildman–Crippen MR) is 249 cm³/mol. The number of aliphatic hydroxyl groups excluding tert-OH is 2. The highest BCUT2D eigenvalue weighted by atomic mass is 16.7. The van der Waals surface area contributed by atoms with E-state index in [1.165, 1.54) is 49.0 Å². The predicted octanol–water partition coefficient (Wildman–Crippen LogP) is -0.192. The number of rotatable bonds is 14. The Labute approximate surface area is 417 Å². The first-order chi connectivity index (χ1) is 34.9. The van der Waals surface area contributed by atoms with Gasteiger partial charge in [0.2, 0.25) is 29.4 Å². The van der Waals surface area contributed by atoms with Crippen molar-refractivity contribution in [1.82, 2.24) is 25.8 Å². The van der Waals surface area contributed by atoms with Gasteiger partial charge in [0.1, 0.15) is 60.3 Å². The van der Waals surface area contributed by atoms with Gasteiger partial charge in [0.05, 0.1) is 61.8 Å². The summed E-state index contributed by atoms with van der Waals surface area (Å²) in [6, 6.07) is 8.83. The summed E-state index contributed by atoms with van der Waals surface area (Å²) in [4.78, 5) is 110. The van der Waals surface area contributed by atoms with Gasteiger partial charge in [0, 0.05) is 49.0 Å². The van der Waals surface area contributed by atoms with E-state index in [2.05, 4.69) is 16.0 Å². The number of amides is 5. The highest BCUT2D eigenvalue weighted by Crippen LogP contribution is 2.52. The number of aliphatic hydroxyl groups is 3. The number of ether oxygens (including phenoxy) is 5. The molecule has 0 radical (unpaired) electrons. The molecule has 73 heavy (non-hydrogen) atoms. The Bertz CT molecular complexity index is 2700. The lowest BCUT2D eigenvalue weighted by Gasteiger charge is -2.43. The van der Waals surface area contributed by atoms with Crippen molar-refractivity contribution in [2.24, 2.45) is 0 Å². The number of morpholine rings is 1. The molecule has 3 fully saturated rings. The molecular formula is C50H57N5O18. The topological polar surface area (TPSA) is 326 Å². The number of nitrogens with one attached hydrogen (secondary N) is 3. The van der Waals surface area contributed by atoms with Crippen molar-refractivity contribution in [3.63, 3.8) is 0 Å². The van der Waals surface area contributed by atoms with Gasteiger partial charge in [0.25, 0.3) is 0 Å². The zero-order valence-electron chi connectivity index (χ0n) is 40.2. The van der Waals surface area contributed by atoms with Crippen LogP contribution in [0.5, 0.6) is 17.2 Å². The third-order valence-corrected chi connectivity index (χ3v) is 14.0. The maximum absolute atomic E-state index is 14.1. The molecule has 23 nitrogen and oxygen atoms in total. The Morgan fingerprint density at radius 1 is 0.918 bits per heavy atom. The van der Waals surface area contributed by atoms with Crippen LogP contribution in [-0.4, -0.2) is 177 Å². The molecule has 8 N–H and O–H groups in total. The molecule has 5 aliphatic rings. The second kappa shape index (κ2) is 21.6. The van der Waals surface area contributed by atoms with Gasteiger partial charge in [-0.2, -0.15) is 0 Å². The van der Waals surface area contributed by atoms with Crippen LogP contribution in [0.25, 0.3) is 0 Å². The first-order valence-electron chi connectivity index (χ1n) is 23.8. The van der Waals surface area contributed by atoms with Gasteiger partial charge in [-0.05, 0) is 38.3 Å². The molecule has 3 aliphatic heterocycles. The maximum atomic E-state index is 14.1. The molecule has 0 unspecified atom stereocenters. The Kier molecular flexibility index (Phi) is 15.5. The lowest BCUT2D eigenvalue weighted by atomic mass is 9.72. The van der Waals surface area contributed by atoms with Gasteiger partial charge in [-0.25, -0.2) is 4.79 Å². The first-order valence-corrected chi connectivity index (χ1v) is 23.8. The smallest absolute Gasteiger partial charge is 0.410 e. The number of hydrogen-bond donors (Lipinski definition) is 8. The van der Waals surface area contributed by atoms with Gasteiger partial charge < -0.3 is 70.1 Å². The zero-order valence-corrected chi connectivity index (χ0v) is 40.2. The standard InChI is InChI=1S/C50H57N5O18/c1-24(52-48(66)31-23-70-16-15-55(31)49(67)71-22-26-9-5-4-6-10-26)46(64)51-20-35(58)54-14-8-12-30(54)47(65)53-29-17-36(72-25(2)41(29)59)73-33-19-50(68,34(57)21-56)18-28-38(33)45(63)40-39(43(28)61)42(60)27-11-7-13-32(69-3)37(27)44(40)62/h4-7,9-11,13,24-25,29-31,33,36,41,56,59,61,63,68H,8,12,14-23H2,1-3H3,(H,51,64)(H,52,66)(H,53,65)/t24-,25-,29-,30-,31-,33+,36+,41+,50-/m0/s1. The lowest BCUT2D eigenvalue weighted by Crippen LogP contribution is -2.59. The number of benzene rings is 3. The van der Waals surface area contributed by atoms with Crippen molar-refractivity contribution in [1.29, 1.82) is 0 Å². The minimum atomic E-state index is -2.42. The molecule has 0 spiro atoms. The monoisotopic (exact) mass is 1020 g/mol. The minimum Gasteiger partial charge on any atom is -0.507 e. The molecule has 3 heterocycles. The van der Waals surface area contributed by atoms with Crippen LogP contribution in [-0.2, 0) is 55.9 Å². The third kappa shape index (κ3) is 10.3. The number of phenols is 2.